The van der Waals surface area contributed by atoms with Gasteiger partial charge in [0.25, 0.3) is 5.82 Å². The second-order valence-electron chi connectivity index (χ2n) is 3.60. The Balaban J connectivity index is 2.68. The quantitative estimate of drug-likeness (QED) is 0.578. The average Bonchev–Trinajstić information content (AvgIpc) is 2.58. The van der Waals surface area contributed by atoms with Gasteiger partial charge in [0.2, 0.25) is 0 Å². The molecule has 1 aromatic heterocycles. The van der Waals surface area contributed by atoms with Crippen molar-refractivity contribution in [3.8, 4) is 0 Å². The van der Waals surface area contributed by atoms with Crippen LogP contribution in [0.5, 0.6) is 0 Å². The van der Waals surface area contributed by atoms with Crippen molar-refractivity contribution >= 4 is 11.0 Å². The summed E-state index contributed by atoms with van der Waals surface area (Å²) in [4.78, 5) is 3.21. The molecule has 0 aliphatic carbocycles. The zero-order chi connectivity index (χ0) is 10.8. The zero-order valence-corrected chi connectivity index (χ0v) is 8.77. The lowest BCUT2D eigenvalue weighted by Crippen LogP contribution is -2.37. The Morgan fingerprint density at radius 2 is 2.27 bits per heavy atom. The van der Waals surface area contributed by atoms with Crippen molar-refractivity contribution in [2.75, 3.05) is 0 Å². The van der Waals surface area contributed by atoms with Gasteiger partial charge in [-0.3, -0.25) is 0 Å². The largest absolute Gasteiger partial charge is 0.381 e. The van der Waals surface area contributed by atoms with Crippen molar-refractivity contribution in [1.29, 1.82) is 0 Å². The first-order valence-electron chi connectivity index (χ1n) is 5.03. The molecule has 3 nitrogen and oxygen atoms in total. The summed E-state index contributed by atoms with van der Waals surface area (Å²) in [6.45, 7) is 6.18. The molecule has 1 heterocycles. The predicted molar refractivity (Wildman–Crippen MR) is 59.3 cm³/mol. The summed E-state index contributed by atoms with van der Waals surface area (Å²) in [5.74, 6) is 0.816. The second kappa shape index (κ2) is 3.87. The number of aliphatic hydroxyl groups is 1. The summed E-state index contributed by atoms with van der Waals surface area (Å²) in [5, 5.41) is 9.65. The molecule has 0 spiro atoms. The van der Waals surface area contributed by atoms with Crippen LogP contribution >= 0.6 is 0 Å². The fraction of sp³-hybridized carbons (Fsp3) is 0.250. The van der Waals surface area contributed by atoms with Gasteiger partial charge in [-0.1, -0.05) is 24.8 Å². The van der Waals surface area contributed by atoms with Crippen LogP contribution in [-0.4, -0.2) is 10.1 Å². The zero-order valence-electron chi connectivity index (χ0n) is 8.77. The maximum atomic E-state index is 9.65. The van der Waals surface area contributed by atoms with Crippen LogP contribution in [0.3, 0.4) is 0 Å². The maximum absolute atomic E-state index is 9.65. The van der Waals surface area contributed by atoms with Crippen LogP contribution in [0.1, 0.15) is 18.9 Å². The van der Waals surface area contributed by atoms with Gasteiger partial charge in [0, 0.05) is 0 Å². The SMILES string of the molecule is C=CC[n+]1c(C(C)O)[nH]c2ccccc21. The lowest BCUT2D eigenvalue weighted by Gasteiger charge is -2.00. The van der Waals surface area contributed by atoms with Crippen LogP contribution in [0.4, 0.5) is 0 Å². The van der Waals surface area contributed by atoms with Gasteiger partial charge in [0.15, 0.2) is 17.1 Å². The number of nitrogens with one attached hydrogen (secondary N) is 1. The van der Waals surface area contributed by atoms with E-state index in [1.807, 2.05) is 34.9 Å². The van der Waals surface area contributed by atoms with E-state index in [-0.39, 0.29) is 0 Å². The van der Waals surface area contributed by atoms with E-state index in [0.717, 1.165) is 16.9 Å². The van der Waals surface area contributed by atoms with E-state index in [1.54, 1.807) is 6.92 Å². The second-order valence-corrected chi connectivity index (χ2v) is 3.60. The molecule has 0 amide bonds. The number of benzene rings is 1. The Morgan fingerprint density at radius 1 is 1.53 bits per heavy atom. The Bertz CT molecular complexity index is 485. The summed E-state index contributed by atoms with van der Waals surface area (Å²) >= 11 is 0. The highest BCUT2D eigenvalue weighted by Crippen LogP contribution is 2.13. The summed E-state index contributed by atoms with van der Waals surface area (Å²) in [5.41, 5.74) is 2.13. The highest BCUT2D eigenvalue weighted by Gasteiger charge is 2.20. The number of rotatable bonds is 3. The molecule has 2 N–H and O–H groups in total. The maximum Gasteiger partial charge on any atom is 0.284 e. The van der Waals surface area contributed by atoms with Crippen LogP contribution < -0.4 is 4.57 Å². The van der Waals surface area contributed by atoms with Crippen LogP contribution in [0.2, 0.25) is 0 Å². The minimum atomic E-state index is -0.502. The van der Waals surface area contributed by atoms with E-state index >= 15 is 0 Å². The summed E-state index contributed by atoms with van der Waals surface area (Å²) in [7, 11) is 0. The Hall–Kier alpha value is -1.61. The molecule has 0 saturated carbocycles. The molecule has 1 atom stereocenters. The van der Waals surface area contributed by atoms with Gasteiger partial charge >= 0.3 is 0 Å². The number of hydrogen-bond acceptors (Lipinski definition) is 1. The first kappa shape index (κ1) is 9.93. The van der Waals surface area contributed by atoms with Gasteiger partial charge in [-0.2, -0.15) is 0 Å². The van der Waals surface area contributed by atoms with E-state index in [2.05, 4.69) is 11.6 Å². The van der Waals surface area contributed by atoms with Crippen LogP contribution in [0.15, 0.2) is 36.9 Å². The third-order valence-electron chi connectivity index (χ3n) is 2.46. The molecule has 78 valence electrons. The Kier molecular flexibility index (Phi) is 2.56. The fourth-order valence-electron chi connectivity index (χ4n) is 1.81. The van der Waals surface area contributed by atoms with Crippen molar-refractivity contribution in [2.24, 2.45) is 0 Å². The molecule has 0 aliphatic heterocycles. The number of imidazole rings is 1. The Morgan fingerprint density at radius 3 is 2.93 bits per heavy atom. The molecular weight excluding hydrogens is 188 g/mol. The van der Waals surface area contributed by atoms with Gasteiger partial charge in [-0.05, 0) is 19.1 Å². The highest BCUT2D eigenvalue weighted by molar-refractivity contribution is 5.71. The molecule has 0 aliphatic rings. The van der Waals surface area contributed by atoms with Crippen molar-refractivity contribution in [3.63, 3.8) is 0 Å². The monoisotopic (exact) mass is 203 g/mol. The molecular formula is C12H15N2O+. The molecule has 2 aromatic rings. The molecule has 0 saturated heterocycles. The van der Waals surface area contributed by atoms with Crippen molar-refractivity contribution in [3.05, 3.63) is 42.7 Å². The first-order chi connectivity index (χ1) is 7.24. The molecule has 3 heteroatoms. The van der Waals surface area contributed by atoms with E-state index in [1.165, 1.54) is 0 Å². The van der Waals surface area contributed by atoms with Gasteiger partial charge in [-0.25, -0.2) is 9.55 Å². The van der Waals surface area contributed by atoms with Crippen LogP contribution in [0.25, 0.3) is 11.0 Å². The average molecular weight is 203 g/mol. The van der Waals surface area contributed by atoms with Crippen molar-refractivity contribution < 1.29 is 9.67 Å². The normalized spacial score (nSPS) is 12.9. The predicted octanol–water partition coefficient (Wildman–Crippen LogP) is 1.69. The number of para-hydroxylation sites is 2. The number of H-pyrrole nitrogens is 1. The highest BCUT2D eigenvalue weighted by atomic mass is 16.3. The Labute approximate surface area is 88.7 Å². The van der Waals surface area contributed by atoms with E-state index in [0.29, 0.717) is 6.54 Å². The molecule has 2 rings (SSSR count). The van der Waals surface area contributed by atoms with E-state index < -0.39 is 6.10 Å². The van der Waals surface area contributed by atoms with E-state index in [9.17, 15) is 5.11 Å². The molecule has 1 aromatic carbocycles. The molecule has 1 unspecified atom stereocenters. The minimum absolute atomic E-state index is 0.502. The number of aromatic nitrogens is 2. The molecule has 15 heavy (non-hydrogen) atoms. The van der Waals surface area contributed by atoms with Crippen molar-refractivity contribution in [2.45, 2.75) is 19.6 Å². The third kappa shape index (κ3) is 1.66. The number of aliphatic hydroxyl groups excluding tert-OH is 1. The van der Waals surface area contributed by atoms with Gasteiger partial charge in [-0.15, -0.1) is 0 Å². The van der Waals surface area contributed by atoms with Gasteiger partial charge in [0.1, 0.15) is 6.54 Å². The lowest BCUT2D eigenvalue weighted by molar-refractivity contribution is -0.672. The summed E-state index contributed by atoms with van der Waals surface area (Å²) < 4.78 is 2.03. The summed E-state index contributed by atoms with van der Waals surface area (Å²) in [6.07, 6.45) is 1.32. The first-order valence-corrected chi connectivity index (χ1v) is 5.03. The lowest BCUT2D eigenvalue weighted by atomic mass is 10.3. The van der Waals surface area contributed by atoms with Gasteiger partial charge < -0.3 is 5.11 Å². The standard InChI is InChI=1S/C12H14N2O/c1-3-8-14-11-7-5-4-6-10(11)13-12(14)9(2)15/h3-7,9,15H,1,8H2,2H3/p+1. The van der Waals surface area contributed by atoms with Gasteiger partial charge in [0.05, 0.1) is 0 Å². The molecule has 0 bridgehead atoms. The van der Waals surface area contributed by atoms with Crippen molar-refractivity contribution in [1.82, 2.24) is 4.98 Å². The smallest absolute Gasteiger partial charge is 0.284 e. The third-order valence-corrected chi connectivity index (χ3v) is 2.46. The minimum Gasteiger partial charge on any atom is -0.381 e. The fourth-order valence-corrected chi connectivity index (χ4v) is 1.81. The summed E-state index contributed by atoms with van der Waals surface area (Å²) in [6, 6.07) is 7.99. The number of fused-ring (bicyclic) bond motifs is 1. The van der Waals surface area contributed by atoms with E-state index in [4.69, 9.17) is 0 Å². The number of allylic oxidation sites excluding steroid dienone is 1. The molecule has 0 radical (unpaired) electrons. The number of nitrogens with zero attached hydrogens (tertiary/aromatic N) is 1. The molecule has 0 fully saturated rings. The number of hydrogen-bond donors (Lipinski definition) is 2. The topological polar surface area (TPSA) is 39.9 Å². The number of aromatic amines is 1. The van der Waals surface area contributed by atoms with Crippen LogP contribution in [0, 0.1) is 0 Å². The van der Waals surface area contributed by atoms with Crippen LogP contribution in [-0.2, 0) is 6.54 Å².